The number of nitrogens with zero attached hydrogens (tertiary/aromatic N) is 2. The molecule has 74 valence electrons. The quantitative estimate of drug-likeness (QED) is 0.795. The van der Waals surface area contributed by atoms with Gasteiger partial charge in [0.2, 0.25) is 5.95 Å². The molecule has 1 aromatic heterocycles. The molecule has 0 aliphatic heterocycles. The molecule has 3 nitrogen and oxygen atoms in total. The molecular weight excluding hydrogens is 181 g/mol. The van der Waals surface area contributed by atoms with Crippen LogP contribution in [0.25, 0.3) is 0 Å². The van der Waals surface area contributed by atoms with E-state index in [2.05, 4.69) is 15.3 Å². The molecule has 3 rings (SSSR count). The third kappa shape index (κ3) is 1.35. The highest BCUT2D eigenvalue weighted by atomic mass is 19.1. The number of nitrogens with one attached hydrogen (secondary N) is 1. The SMILES string of the molecule is Fc1cnc(NC[C@@H]2CC23CC3)nc1. The fraction of sp³-hybridized carbons (Fsp3) is 0.600. The van der Waals surface area contributed by atoms with Crippen molar-refractivity contribution >= 4 is 5.95 Å². The summed E-state index contributed by atoms with van der Waals surface area (Å²) < 4.78 is 12.5. The largest absolute Gasteiger partial charge is 0.354 e. The highest BCUT2D eigenvalue weighted by Crippen LogP contribution is 2.70. The number of anilines is 1. The first-order chi connectivity index (χ1) is 6.78. The smallest absolute Gasteiger partial charge is 0.222 e. The Morgan fingerprint density at radius 1 is 1.43 bits per heavy atom. The van der Waals surface area contributed by atoms with Crippen LogP contribution in [-0.4, -0.2) is 16.5 Å². The molecule has 1 heterocycles. The van der Waals surface area contributed by atoms with Crippen LogP contribution in [0, 0.1) is 17.2 Å². The minimum Gasteiger partial charge on any atom is -0.354 e. The minimum absolute atomic E-state index is 0.388. The molecule has 0 radical (unpaired) electrons. The fourth-order valence-electron chi connectivity index (χ4n) is 2.11. The Kier molecular flexibility index (Phi) is 1.54. The van der Waals surface area contributed by atoms with Crippen molar-refractivity contribution in [3.05, 3.63) is 18.2 Å². The van der Waals surface area contributed by atoms with E-state index in [0.717, 1.165) is 12.5 Å². The van der Waals surface area contributed by atoms with Crippen LogP contribution in [0.3, 0.4) is 0 Å². The summed E-state index contributed by atoms with van der Waals surface area (Å²) in [5.74, 6) is 0.950. The van der Waals surface area contributed by atoms with Crippen molar-refractivity contribution in [2.24, 2.45) is 11.3 Å². The first-order valence-electron chi connectivity index (χ1n) is 5.00. The lowest BCUT2D eigenvalue weighted by molar-refractivity contribution is 0.613. The summed E-state index contributed by atoms with van der Waals surface area (Å²) in [4.78, 5) is 7.70. The Labute approximate surface area is 81.8 Å². The van der Waals surface area contributed by atoms with E-state index in [0.29, 0.717) is 11.4 Å². The molecule has 1 atom stereocenters. The second-order valence-corrected chi connectivity index (χ2v) is 4.37. The van der Waals surface area contributed by atoms with Crippen LogP contribution >= 0.6 is 0 Å². The van der Waals surface area contributed by atoms with E-state index in [1.807, 2.05) is 0 Å². The average Bonchev–Trinajstić information content (AvgIpc) is 3.08. The summed E-state index contributed by atoms with van der Waals surface area (Å²) in [6, 6.07) is 0. The van der Waals surface area contributed by atoms with Crippen molar-refractivity contribution < 1.29 is 4.39 Å². The second kappa shape index (κ2) is 2.65. The average molecular weight is 193 g/mol. The van der Waals surface area contributed by atoms with Gasteiger partial charge in [-0.15, -0.1) is 0 Å². The summed E-state index contributed by atoms with van der Waals surface area (Å²) in [5, 5.41) is 3.14. The van der Waals surface area contributed by atoms with E-state index in [1.165, 1.54) is 31.7 Å². The van der Waals surface area contributed by atoms with E-state index < -0.39 is 0 Å². The summed E-state index contributed by atoms with van der Waals surface area (Å²) >= 11 is 0. The van der Waals surface area contributed by atoms with Gasteiger partial charge in [0.25, 0.3) is 0 Å². The third-order valence-electron chi connectivity index (χ3n) is 3.38. The van der Waals surface area contributed by atoms with Gasteiger partial charge in [-0.2, -0.15) is 0 Å². The van der Waals surface area contributed by atoms with Crippen LogP contribution in [0.15, 0.2) is 12.4 Å². The van der Waals surface area contributed by atoms with Crippen molar-refractivity contribution in [2.45, 2.75) is 19.3 Å². The number of aromatic nitrogens is 2. The van der Waals surface area contributed by atoms with Crippen LogP contribution in [-0.2, 0) is 0 Å². The Hall–Kier alpha value is -1.19. The van der Waals surface area contributed by atoms with Crippen LogP contribution in [0.5, 0.6) is 0 Å². The molecule has 0 unspecified atom stereocenters. The Morgan fingerprint density at radius 3 is 2.71 bits per heavy atom. The van der Waals surface area contributed by atoms with Gasteiger partial charge in [-0.1, -0.05) is 0 Å². The van der Waals surface area contributed by atoms with Gasteiger partial charge in [-0.3, -0.25) is 0 Å². The maximum absolute atomic E-state index is 12.5. The van der Waals surface area contributed by atoms with Gasteiger partial charge in [-0.25, -0.2) is 14.4 Å². The summed E-state index contributed by atoms with van der Waals surface area (Å²) in [7, 11) is 0. The van der Waals surface area contributed by atoms with Crippen molar-refractivity contribution in [2.75, 3.05) is 11.9 Å². The van der Waals surface area contributed by atoms with Crippen molar-refractivity contribution in [1.29, 1.82) is 0 Å². The zero-order valence-corrected chi connectivity index (χ0v) is 7.83. The lowest BCUT2D eigenvalue weighted by Gasteiger charge is -2.02. The highest BCUT2D eigenvalue weighted by molar-refractivity contribution is 5.25. The molecule has 1 spiro atoms. The summed E-state index contributed by atoms with van der Waals surface area (Å²) in [5.41, 5.74) is 0.701. The first-order valence-corrected chi connectivity index (χ1v) is 5.00. The number of hydrogen-bond acceptors (Lipinski definition) is 3. The van der Waals surface area contributed by atoms with Gasteiger partial charge < -0.3 is 5.32 Å². The Bertz CT molecular complexity index is 345. The van der Waals surface area contributed by atoms with Gasteiger partial charge >= 0.3 is 0 Å². The molecule has 0 aromatic carbocycles. The van der Waals surface area contributed by atoms with Gasteiger partial charge in [0, 0.05) is 6.54 Å². The molecule has 1 N–H and O–H groups in total. The molecular formula is C10H12FN3. The normalized spacial score (nSPS) is 26.2. The molecule has 14 heavy (non-hydrogen) atoms. The molecule has 2 aliphatic rings. The molecule has 0 bridgehead atoms. The number of rotatable bonds is 3. The standard InChI is InChI=1S/C10H12FN3/c11-8-5-13-9(14-6-8)12-4-7-3-10(7)1-2-10/h5-7H,1-4H2,(H,12,13,14)/t7-/m0/s1. The zero-order valence-electron chi connectivity index (χ0n) is 7.83. The third-order valence-corrected chi connectivity index (χ3v) is 3.38. The molecule has 2 aliphatic carbocycles. The van der Waals surface area contributed by atoms with Crippen molar-refractivity contribution in [3.63, 3.8) is 0 Å². The lowest BCUT2D eigenvalue weighted by atomic mass is 10.3. The fourth-order valence-corrected chi connectivity index (χ4v) is 2.11. The van der Waals surface area contributed by atoms with Crippen LogP contribution < -0.4 is 5.32 Å². The molecule has 0 amide bonds. The summed E-state index contributed by atoms with van der Waals surface area (Å²) in [6.07, 6.45) is 6.51. The maximum atomic E-state index is 12.5. The Morgan fingerprint density at radius 2 is 2.14 bits per heavy atom. The predicted molar refractivity (Wildman–Crippen MR) is 50.3 cm³/mol. The van der Waals surface area contributed by atoms with Gasteiger partial charge in [0.15, 0.2) is 5.82 Å². The number of halogens is 1. The topological polar surface area (TPSA) is 37.8 Å². The van der Waals surface area contributed by atoms with Crippen LogP contribution in [0.2, 0.25) is 0 Å². The molecule has 1 aromatic rings. The minimum atomic E-state index is -0.388. The summed E-state index contributed by atoms with van der Waals surface area (Å²) in [6.45, 7) is 0.936. The Balaban J connectivity index is 1.55. The molecule has 2 saturated carbocycles. The second-order valence-electron chi connectivity index (χ2n) is 4.37. The maximum Gasteiger partial charge on any atom is 0.222 e. The van der Waals surface area contributed by atoms with Gasteiger partial charge in [0.1, 0.15) is 0 Å². The first kappa shape index (κ1) is 8.15. The van der Waals surface area contributed by atoms with E-state index in [-0.39, 0.29) is 5.82 Å². The molecule has 0 saturated heterocycles. The van der Waals surface area contributed by atoms with E-state index in [1.54, 1.807) is 0 Å². The number of hydrogen-bond donors (Lipinski definition) is 1. The molecule has 2 fully saturated rings. The van der Waals surface area contributed by atoms with Crippen LogP contribution in [0.4, 0.5) is 10.3 Å². The van der Waals surface area contributed by atoms with E-state index >= 15 is 0 Å². The van der Waals surface area contributed by atoms with Gasteiger partial charge in [-0.05, 0) is 30.6 Å². The lowest BCUT2D eigenvalue weighted by Crippen LogP contribution is -2.08. The van der Waals surface area contributed by atoms with Crippen molar-refractivity contribution in [1.82, 2.24) is 9.97 Å². The monoisotopic (exact) mass is 193 g/mol. The van der Waals surface area contributed by atoms with Crippen LogP contribution in [0.1, 0.15) is 19.3 Å². The predicted octanol–water partition coefficient (Wildman–Crippen LogP) is 1.83. The van der Waals surface area contributed by atoms with E-state index in [9.17, 15) is 4.39 Å². The van der Waals surface area contributed by atoms with Crippen molar-refractivity contribution in [3.8, 4) is 0 Å². The highest BCUT2D eigenvalue weighted by Gasteiger charge is 2.62. The molecule has 4 heteroatoms. The zero-order chi connectivity index (χ0) is 9.60. The van der Waals surface area contributed by atoms with E-state index in [4.69, 9.17) is 0 Å². The van der Waals surface area contributed by atoms with Gasteiger partial charge in [0.05, 0.1) is 12.4 Å².